The Bertz CT molecular complexity index is 1010. The van der Waals surface area contributed by atoms with Crippen LogP contribution in [0.1, 0.15) is 11.3 Å². The molecule has 33 heavy (non-hydrogen) atoms. The minimum absolute atomic E-state index is 0.155. The van der Waals surface area contributed by atoms with E-state index in [1.54, 1.807) is 6.08 Å². The van der Waals surface area contributed by atoms with E-state index in [1.807, 2.05) is 72.9 Å². The minimum Gasteiger partial charge on any atom is -0.492 e. The van der Waals surface area contributed by atoms with Gasteiger partial charge in [0.1, 0.15) is 18.2 Å². The fourth-order valence-electron chi connectivity index (χ4n) is 3.90. The summed E-state index contributed by atoms with van der Waals surface area (Å²) < 4.78 is 20.2. The first kappa shape index (κ1) is 23.1. The average molecular weight is 446 g/mol. The summed E-state index contributed by atoms with van der Waals surface area (Å²) in [7, 11) is 2.17. The smallest absolute Gasteiger partial charge is 0.119 e. The molecule has 0 amide bonds. The third-order valence-electron chi connectivity index (χ3n) is 6.04. The van der Waals surface area contributed by atoms with Crippen LogP contribution in [0.2, 0.25) is 0 Å². The van der Waals surface area contributed by atoms with Gasteiger partial charge in [-0.25, -0.2) is 4.39 Å². The van der Waals surface area contributed by atoms with Gasteiger partial charge in [-0.3, -0.25) is 9.88 Å². The predicted molar refractivity (Wildman–Crippen MR) is 132 cm³/mol. The number of rotatable bonds is 9. The SMILES string of the molecule is CN1CCN(CCOc2ccc(-c3ccc(CC(F)=CCc4ccccc4)nc3)cc2)CC1. The highest BCUT2D eigenvalue weighted by molar-refractivity contribution is 5.63. The molecule has 0 N–H and O–H groups in total. The molecule has 1 fully saturated rings. The Labute approximate surface area is 196 Å². The third-order valence-corrected chi connectivity index (χ3v) is 6.04. The molecular weight excluding hydrogens is 413 g/mol. The summed E-state index contributed by atoms with van der Waals surface area (Å²) in [4.78, 5) is 9.26. The molecule has 4 nitrogen and oxygen atoms in total. The zero-order chi connectivity index (χ0) is 22.9. The second-order valence-electron chi connectivity index (χ2n) is 8.57. The van der Waals surface area contributed by atoms with E-state index in [1.165, 1.54) is 0 Å². The molecule has 5 heteroatoms. The van der Waals surface area contributed by atoms with Gasteiger partial charge in [0.25, 0.3) is 0 Å². The summed E-state index contributed by atoms with van der Waals surface area (Å²) in [6.45, 7) is 6.11. The molecule has 1 aromatic heterocycles. The van der Waals surface area contributed by atoms with Crippen molar-refractivity contribution in [2.45, 2.75) is 12.8 Å². The Kier molecular flexibility index (Phi) is 8.23. The van der Waals surface area contributed by atoms with Crippen LogP contribution < -0.4 is 4.74 Å². The molecule has 4 rings (SSSR count). The van der Waals surface area contributed by atoms with Crippen molar-refractivity contribution in [3.05, 3.63) is 96.1 Å². The number of benzene rings is 2. The highest BCUT2D eigenvalue weighted by atomic mass is 19.1. The van der Waals surface area contributed by atoms with Gasteiger partial charge in [-0.2, -0.15) is 0 Å². The number of ether oxygens (including phenoxy) is 1. The lowest BCUT2D eigenvalue weighted by Crippen LogP contribution is -2.45. The number of piperazine rings is 1. The molecule has 3 aromatic rings. The molecule has 0 bridgehead atoms. The normalized spacial score (nSPS) is 15.5. The molecule has 1 saturated heterocycles. The van der Waals surface area contributed by atoms with E-state index in [0.717, 1.165) is 60.9 Å². The van der Waals surface area contributed by atoms with Crippen molar-refractivity contribution in [3.63, 3.8) is 0 Å². The summed E-state index contributed by atoms with van der Waals surface area (Å²) in [5.41, 5.74) is 3.91. The van der Waals surface area contributed by atoms with Crippen LogP contribution in [0.4, 0.5) is 4.39 Å². The predicted octanol–water partition coefficient (Wildman–Crippen LogP) is 5.01. The van der Waals surface area contributed by atoms with E-state index >= 15 is 0 Å². The maximum atomic E-state index is 14.3. The molecule has 1 aliphatic rings. The monoisotopic (exact) mass is 445 g/mol. The largest absolute Gasteiger partial charge is 0.492 e. The number of hydrogen-bond acceptors (Lipinski definition) is 4. The molecule has 0 saturated carbocycles. The van der Waals surface area contributed by atoms with Crippen LogP contribution in [-0.2, 0) is 12.8 Å². The summed E-state index contributed by atoms with van der Waals surface area (Å²) in [5, 5.41) is 0. The average Bonchev–Trinajstić information content (AvgIpc) is 2.86. The summed E-state index contributed by atoms with van der Waals surface area (Å²) in [6, 6.07) is 21.9. The highest BCUT2D eigenvalue weighted by Gasteiger charge is 2.13. The van der Waals surface area contributed by atoms with Gasteiger partial charge in [0.15, 0.2) is 0 Å². The molecule has 0 aliphatic carbocycles. The zero-order valence-electron chi connectivity index (χ0n) is 19.3. The first-order valence-electron chi connectivity index (χ1n) is 11.6. The van der Waals surface area contributed by atoms with Gasteiger partial charge in [0.2, 0.25) is 0 Å². The third kappa shape index (κ3) is 7.24. The Morgan fingerprint density at radius 3 is 2.36 bits per heavy atom. The molecule has 0 atom stereocenters. The molecule has 0 radical (unpaired) electrons. The van der Waals surface area contributed by atoms with E-state index < -0.39 is 0 Å². The van der Waals surface area contributed by atoms with Crippen LogP contribution in [0.25, 0.3) is 11.1 Å². The van der Waals surface area contributed by atoms with Gasteiger partial charge in [-0.05, 0) is 48.9 Å². The van der Waals surface area contributed by atoms with Gasteiger partial charge in [-0.15, -0.1) is 0 Å². The van der Waals surface area contributed by atoms with Gasteiger partial charge in [-0.1, -0.05) is 48.5 Å². The maximum absolute atomic E-state index is 14.3. The molecule has 2 heterocycles. The van der Waals surface area contributed by atoms with Crippen molar-refractivity contribution < 1.29 is 9.13 Å². The van der Waals surface area contributed by atoms with Gasteiger partial charge < -0.3 is 9.64 Å². The first-order chi connectivity index (χ1) is 16.2. The molecule has 172 valence electrons. The molecule has 2 aromatic carbocycles. The number of aromatic nitrogens is 1. The van der Waals surface area contributed by atoms with Crippen molar-refractivity contribution in [1.29, 1.82) is 0 Å². The summed E-state index contributed by atoms with van der Waals surface area (Å²) in [5.74, 6) is 0.722. The van der Waals surface area contributed by atoms with Crippen molar-refractivity contribution in [2.75, 3.05) is 46.4 Å². The highest BCUT2D eigenvalue weighted by Crippen LogP contribution is 2.22. The van der Waals surface area contributed by atoms with Gasteiger partial charge in [0.05, 0.1) is 0 Å². The Morgan fingerprint density at radius 2 is 1.67 bits per heavy atom. The quantitative estimate of drug-likeness (QED) is 0.463. The molecule has 0 spiro atoms. The molecule has 1 aliphatic heterocycles. The lowest BCUT2D eigenvalue weighted by atomic mass is 10.1. The number of allylic oxidation sites excluding steroid dienone is 2. The van der Waals surface area contributed by atoms with Crippen molar-refractivity contribution in [1.82, 2.24) is 14.8 Å². The van der Waals surface area contributed by atoms with E-state index in [2.05, 4.69) is 21.8 Å². The second kappa shape index (κ2) is 11.7. The van der Waals surface area contributed by atoms with E-state index in [9.17, 15) is 4.39 Å². The van der Waals surface area contributed by atoms with Crippen LogP contribution in [0.15, 0.2) is 84.8 Å². The molecular formula is C28H32FN3O. The summed E-state index contributed by atoms with van der Waals surface area (Å²) in [6.07, 6.45) is 4.25. The lowest BCUT2D eigenvalue weighted by molar-refractivity contribution is 0.134. The van der Waals surface area contributed by atoms with Crippen molar-refractivity contribution >= 4 is 0 Å². The van der Waals surface area contributed by atoms with Crippen LogP contribution >= 0.6 is 0 Å². The number of nitrogens with zero attached hydrogens (tertiary/aromatic N) is 3. The van der Waals surface area contributed by atoms with E-state index in [0.29, 0.717) is 13.0 Å². The van der Waals surface area contributed by atoms with Crippen LogP contribution in [0.3, 0.4) is 0 Å². The first-order valence-corrected chi connectivity index (χ1v) is 11.6. The van der Waals surface area contributed by atoms with Crippen molar-refractivity contribution in [2.24, 2.45) is 0 Å². The van der Waals surface area contributed by atoms with Crippen LogP contribution in [-0.4, -0.2) is 61.2 Å². The van der Waals surface area contributed by atoms with E-state index in [-0.39, 0.29) is 12.2 Å². The zero-order valence-corrected chi connectivity index (χ0v) is 19.3. The number of hydrogen-bond donors (Lipinski definition) is 0. The van der Waals surface area contributed by atoms with E-state index in [4.69, 9.17) is 4.74 Å². The fourth-order valence-corrected chi connectivity index (χ4v) is 3.90. The number of likely N-dealkylation sites (N-methyl/N-ethyl adjacent to an activating group) is 1. The lowest BCUT2D eigenvalue weighted by Gasteiger charge is -2.32. The Balaban J connectivity index is 1.25. The number of halogens is 1. The Morgan fingerprint density at radius 1 is 0.939 bits per heavy atom. The standard InChI is InChI=1S/C28H32FN3O/c1-31-15-17-32(18-16-31)19-20-33-28-13-9-24(10-14-28)25-8-12-27(30-22-25)21-26(29)11-7-23-5-3-2-4-6-23/h2-6,8-14,22H,7,15-21H2,1H3. The van der Waals surface area contributed by atoms with Crippen LogP contribution in [0.5, 0.6) is 5.75 Å². The van der Waals surface area contributed by atoms with Gasteiger partial charge >= 0.3 is 0 Å². The number of pyridine rings is 1. The summed E-state index contributed by atoms with van der Waals surface area (Å²) >= 11 is 0. The van der Waals surface area contributed by atoms with Crippen LogP contribution in [0, 0.1) is 0 Å². The Hall–Kier alpha value is -3.02. The second-order valence-corrected chi connectivity index (χ2v) is 8.57. The fraction of sp³-hybridized carbons (Fsp3) is 0.321. The van der Waals surface area contributed by atoms with Gasteiger partial charge in [0, 0.05) is 56.6 Å². The molecule has 0 unspecified atom stereocenters. The topological polar surface area (TPSA) is 28.6 Å². The maximum Gasteiger partial charge on any atom is 0.119 e. The van der Waals surface area contributed by atoms with Crippen molar-refractivity contribution in [3.8, 4) is 16.9 Å². The minimum atomic E-state index is -0.155.